The molecule has 0 aliphatic heterocycles. The van der Waals surface area contributed by atoms with Crippen molar-refractivity contribution < 1.29 is 0 Å². The van der Waals surface area contributed by atoms with E-state index in [0.29, 0.717) is 0 Å². The van der Waals surface area contributed by atoms with Gasteiger partial charge in [-0.1, -0.05) is 117 Å². The Morgan fingerprint density at radius 1 is 0.630 bits per heavy atom. The van der Waals surface area contributed by atoms with Gasteiger partial charge in [0.05, 0.1) is 0 Å². The molecule has 2 rings (SSSR count). The topological polar surface area (TPSA) is 0 Å². The minimum Gasteiger partial charge on any atom is -0.0984 e. The van der Waals surface area contributed by atoms with Crippen molar-refractivity contribution in [2.45, 2.75) is 76.2 Å². The molecule has 0 heterocycles. The van der Waals surface area contributed by atoms with Gasteiger partial charge >= 0.3 is 0 Å². The zero-order valence-corrected chi connectivity index (χ0v) is 19.9. The fourth-order valence-electron chi connectivity index (χ4n) is 2.48. The highest BCUT2D eigenvalue weighted by Crippen LogP contribution is 2.30. The molecule has 2 aromatic carbocycles. The van der Waals surface area contributed by atoms with Crippen molar-refractivity contribution in [1.29, 1.82) is 0 Å². The first-order chi connectivity index (χ1) is 13.1. The van der Waals surface area contributed by atoms with Gasteiger partial charge in [0.2, 0.25) is 0 Å². The van der Waals surface area contributed by atoms with Gasteiger partial charge in [-0.25, -0.2) is 0 Å². The summed E-state index contributed by atoms with van der Waals surface area (Å²) in [7, 11) is 0. The molecule has 152 valence electrons. The Bertz CT molecular complexity index is 630. The van der Waals surface area contributed by atoms with Gasteiger partial charge in [0, 0.05) is 0 Å². The first-order valence-electron chi connectivity index (χ1n) is 10.6. The van der Waals surface area contributed by atoms with E-state index in [1.54, 1.807) is 0 Å². The first-order valence-corrected chi connectivity index (χ1v) is 10.6. The lowest BCUT2D eigenvalue weighted by molar-refractivity contribution is 1.39. The molecule has 2 aromatic rings. The van der Waals surface area contributed by atoms with E-state index in [1.807, 2.05) is 61.5 Å². The van der Waals surface area contributed by atoms with E-state index in [9.17, 15) is 0 Å². The van der Waals surface area contributed by atoms with Crippen molar-refractivity contribution in [1.82, 2.24) is 0 Å². The van der Waals surface area contributed by atoms with Crippen LogP contribution >= 0.6 is 0 Å². The summed E-state index contributed by atoms with van der Waals surface area (Å²) >= 11 is 0. The summed E-state index contributed by atoms with van der Waals surface area (Å²) in [4.78, 5) is 0. The summed E-state index contributed by atoms with van der Waals surface area (Å²) < 4.78 is 0. The zero-order chi connectivity index (χ0) is 21.8. The second kappa shape index (κ2) is 20.2. The standard InChI is InChI=1S/C19H20.4C2H6/c1-5-17(19-13-9-7-11-15(19)3)16(4)18-12-8-6-10-14(18)2;4*1-2/h5-13H,1H2,2-4H3;4*1-2H3/b17-16+;;;;. The molecule has 0 amide bonds. The van der Waals surface area contributed by atoms with Crippen molar-refractivity contribution in [3.63, 3.8) is 0 Å². The summed E-state index contributed by atoms with van der Waals surface area (Å²) in [6.07, 6.45) is 1.96. The molecule has 0 nitrogen and oxygen atoms in total. The minimum atomic E-state index is 1.22. The van der Waals surface area contributed by atoms with E-state index in [2.05, 4.69) is 75.9 Å². The van der Waals surface area contributed by atoms with Gasteiger partial charge < -0.3 is 0 Å². The Morgan fingerprint density at radius 3 is 1.30 bits per heavy atom. The fourth-order valence-corrected chi connectivity index (χ4v) is 2.48. The monoisotopic (exact) mass is 368 g/mol. The minimum absolute atomic E-state index is 1.22. The molecule has 0 heteroatoms. The number of aryl methyl sites for hydroxylation is 2. The van der Waals surface area contributed by atoms with Crippen molar-refractivity contribution in [3.8, 4) is 0 Å². The van der Waals surface area contributed by atoms with E-state index in [-0.39, 0.29) is 0 Å². The number of rotatable bonds is 3. The predicted molar refractivity (Wildman–Crippen MR) is 130 cm³/mol. The molecule has 0 N–H and O–H groups in total. The average Bonchev–Trinajstić information content (AvgIpc) is 2.76. The molecule has 0 saturated carbocycles. The SMILES string of the molecule is C=C/C(=C(/C)c1ccccc1C)c1ccccc1C.CC.CC.CC.CC. The summed E-state index contributed by atoms with van der Waals surface area (Å²) in [6.45, 7) is 26.5. The van der Waals surface area contributed by atoms with Crippen LogP contribution in [0.4, 0.5) is 0 Å². The normalized spacial score (nSPS) is 9.30. The quantitative estimate of drug-likeness (QED) is 0.373. The van der Waals surface area contributed by atoms with Crippen LogP contribution in [0, 0.1) is 13.8 Å². The zero-order valence-electron chi connectivity index (χ0n) is 19.9. The maximum Gasteiger partial charge on any atom is -0.0152 e. The van der Waals surface area contributed by atoms with Crippen molar-refractivity contribution in [2.24, 2.45) is 0 Å². The van der Waals surface area contributed by atoms with Crippen molar-refractivity contribution in [3.05, 3.63) is 83.4 Å². The van der Waals surface area contributed by atoms with Crippen molar-refractivity contribution >= 4 is 11.1 Å². The van der Waals surface area contributed by atoms with Gasteiger partial charge in [0.25, 0.3) is 0 Å². The number of hydrogen-bond donors (Lipinski definition) is 0. The highest BCUT2D eigenvalue weighted by molar-refractivity contribution is 5.95. The first kappa shape index (κ1) is 29.7. The van der Waals surface area contributed by atoms with Gasteiger partial charge in [-0.05, 0) is 54.2 Å². The fraction of sp³-hybridized carbons (Fsp3) is 0.407. The molecule has 0 aromatic heterocycles. The summed E-state index contributed by atoms with van der Waals surface area (Å²) in [5, 5.41) is 0. The summed E-state index contributed by atoms with van der Waals surface area (Å²) in [6, 6.07) is 16.9. The Hall–Kier alpha value is -2.08. The molecule has 27 heavy (non-hydrogen) atoms. The Balaban J connectivity index is -0.000000638. The van der Waals surface area contributed by atoms with E-state index < -0.39 is 0 Å². The van der Waals surface area contributed by atoms with Gasteiger partial charge in [0.1, 0.15) is 0 Å². The van der Waals surface area contributed by atoms with E-state index >= 15 is 0 Å². The van der Waals surface area contributed by atoms with Crippen LogP contribution in [0.3, 0.4) is 0 Å². The lowest BCUT2D eigenvalue weighted by Gasteiger charge is -2.13. The van der Waals surface area contributed by atoms with Crippen LogP contribution in [0.5, 0.6) is 0 Å². The van der Waals surface area contributed by atoms with Crippen LogP contribution in [-0.4, -0.2) is 0 Å². The molecular formula is C27H44. The smallest absolute Gasteiger partial charge is 0.0152 e. The van der Waals surface area contributed by atoms with Gasteiger partial charge in [0.15, 0.2) is 0 Å². The van der Waals surface area contributed by atoms with Crippen LogP contribution in [0.25, 0.3) is 11.1 Å². The predicted octanol–water partition coefficient (Wildman–Crippen LogP) is 9.52. The third kappa shape index (κ3) is 9.99. The Kier molecular flexibility index (Phi) is 22.2. The molecule has 0 saturated heterocycles. The van der Waals surface area contributed by atoms with Gasteiger partial charge in [-0.15, -0.1) is 0 Å². The maximum atomic E-state index is 4.00. The van der Waals surface area contributed by atoms with E-state index in [1.165, 1.54) is 33.4 Å². The summed E-state index contributed by atoms with van der Waals surface area (Å²) in [5.41, 5.74) is 7.63. The molecule has 0 aliphatic rings. The van der Waals surface area contributed by atoms with Gasteiger partial charge in [-0.3, -0.25) is 0 Å². The van der Waals surface area contributed by atoms with Crippen LogP contribution in [-0.2, 0) is 0 Å². The van der Waals surface area contributed by atoms with Crippen molar-refractivity contribution in [2.75, 3.05) is 0 Å². The second-order valence-electron chi connectivity index (χ2n) is 4.87. The molecule has 0 unspecified atom stereocenters. The van der Waals surface area contributed by atoms with E-state index in [4.69, 9.17) is 0 Å². The largest absolute Gasteiger partial charge is 0.0984 e. The molecule has 0 atom stereocenters. The summed E-state index contributed by atoms with van der Waals surface area (Å²) in [5.74, 6) is 0. The average molecular weight is 369 g/mol. The third-order valence-electron chi connectivity index (χ3n) is 3.59. The third-order valence-corrected chi connectivity index (χ3v) is 3.59. The highest BCUT2D eigenvalue weighted by atomic mass is 14.1. The van der Waals surface area contributed by atoms with E-state index in [0.717, 1.165) is 0 Å². The van der Waals surface area contributed by atoms with Crippen LogP contribution in [0.2, 0.25) is 0 Å². The van der Waals surface area contributed by atoms with Gasteiger partial charge in [-0.2, -0.15) is 0 Å². The van der Waals surface area contributed by atoms with Crippen LogP contribution < -0.4 is 0 Å². The van der Waals surface area contributed by atoms with Crippen LogP contribution in [0.15, 0.2) is 61.2 Å². The number of allylic oxidation sites excluding steroid dienone is 3. The Morgan fingerprint density at radius 2 is 0.963 bits per heavy atom. The number of hydrogen-bond acceptors (Lipinski definition) is 0. The highest BCUT2D eigenvalue weighted by Gasteiger charge is 2.08. The molecule has 0 fully saturated rings. The molecule has 0 spiro atoms. The molecule has 0 radical (unpaired) electrons. The molecule has 0 aliphatic carbocycles. The second-order valence-corrected chi connectivity index (χ2v) is 4.87. The number of benzene rings is 2. The Labute approximate surface area is 171 Å². The lowest BCUT2D eigenvalue weighted by Crippen LogP contribution is -1.92. The molecular weight excluding hydrogens is 324 g/mol. The van der Waals surface area contributed by atoms with Crippen LogP contribution in [0.1, 0.15) is 84.6 Å². The lowest BCUT2D eigenvalue weighted by atomic mass is 9.91. The maximum absolute atomic E-state index is 4.00. The molecule has 0 bridgehead atoms.